The van der Waals surface area contributed by atoms with E-state index in [0.717, 1.165) is 10.5 Å². The van der Waals surface area contributed by atoms with Crippen molar-refractivity contribution >= 4 is 56.2 Å². The number of fused-ring (bicyclic) bond motifs is 2. The second-order valence-corrected chi connectivity index (χ2v) is 12.7. The summed E-state index contributed by atoms with van der Waals surface area (Å²) in [7, 11) is 4.57. The van der Waals surface area contributed by atoms with E-state index in [-0.39, 0.29) is 39.7 Å². The molecule has 1 aromatic heterocycles. The maximum absolute atomic E-state index is 14.5. The molecule has 0 radical (unpaired) electrons. The Kier molecular flexibility index (Phi) is 7.86. The Hall–Kier alpha value is -5.30. The number of anilines is 2. The predicted octanol–water partition coefficient (Wildman–Crippen LogP) is 7.47. The first-order valence-corrected chi connectivity index (χ1v) is 15.9. The van der Waals surface area contributed by atoms with Gasteiger partial charge in [-0.1, -0.05) is 37.8 Å². The van der Waals surface area contributed by atoms with Crippen LogP contribution in [0.4, 0.5) is 21.0 Å². The maximum atomic E-state index is 14.5. The van der Waals surface area contributed by atoms with Gasteiger partial charge in [0.2, 0.25) is 5.91 Å². The van der Waals surface area contributed by atoms with Crippen molar-refractivity contribution in [2.75, 3.05) is 37.7 Å². The highest BCUT2D eigenvalue weighted by atomic mass is 79.9. The van der Waals surface area contributed by atoms with Gasteiger partial charge in [-0.05, 0) is 61.7 Å². The summed E-state index contributed by atoms with van der Waals surface area (Å²) >= 11 is 3.47. The van der Waals surface area contributed by atoms with Crippen molar-refractivity contribution in [2.24, 2.45) is 22.1 Å². The highest BCUT2D eigenvalue weighted by molar-refractivity contribution is 9.10. The van der Waals surface area contributed by atoms with E-state index in [4.69, 9.17) is 18.6 Å². The van der Waals surface area contributed by atoms with E-state index in [0.29, 0.717) is 51.5 Å². The van der Waals surface area contributed by atoms with Crippen LogP contribution in [-0.4, -0.2) is 45.8 Å². The van der Waals surface area contributed by atoms with Crippen molar-refractivity contribution in [1.29, 1.82) is 0 Å². The van der Waals surface area contributed by atoms with Gasteiger partial charge in [0.1, 0.15) is 34.0 Å². The van der Waals surface area contributed by atoms with Gasteiger partial charge < -0.3 is 23.5 Å². The summed E-state index contributed by atoms with van der Waals surface area (Å²) in [6, 6.07) is 13.5. The van der Waals surface area contributed by atoms with Crippen LogP contribution in [0.15, 0.2) is 90.2 Å². The minimum absolute atomic E-state index is 0.141. The lowest BCUT2D eigenvalue weighted by atomic mass is 9.71. The van der Waals surface area contributed by atoms with Crippen LogP contribution in [0.2, 0.25) is 0 Å². The van der Waals surface area contributed by atoms with E-state index < -0.39 is 23.9 Å². The van der Waals surface area contributed by atoms with E-state index in [1.165, 1.54) is 20.3 Å². The third kappa shape index (κ3) is 5.05. The number of carbonyl (C=O) groups excluding carboxylic acids is 3. The zero-order chi connectivity index (χ0) is 33.9. The number of ether oxygens (including phenoxy) is 3. The quantitative estimate of drug-likeness (QED) is 0.180. The lowest BCUT2D eigenvalue weighted by Gasteiger charge is -2.32. The van der Waals surface area contributed by atoms with E-state index in [9.17, 15) is 19.2 Å². The summed E-state index contributed by atoms with van der Waals surface area (Å²) in [6.07, 6.45) is 2.67. The average molecular weight is 714 g/mol. The molecule has 4 aromatic rings. The number of imide groups is 1. The Morgan fingerprint density at radius 1 is 0.875 bits per heavy atom. The zero-order valence-electron chi connectivity index (χ0n) is 26.4. The van der Waals surface area contributed by atoms with Crippen LogP contribution in [0.3, 0.4) is 0 Å². The van der Waals surface area contributed by atoms with Crippen LogP contribution in [0.25, 0.3) is 22.3 Å². The standard InChI is InChI=1S/C35H29BrN4O8/c1-17-11-19-16-39(24-13-20(36)7-10-23(24)40-34(43)37-38-35(40)44)33(42)29(19)22(12-17)30-27(46-3)15-28-31(32(30)47-4)25(41)14-26(48-28)18-5-8-21(45-2)9-6-18/h5-10,12-15,19,22,29H,11,16H2,1-4H3. The van der Waals surface area contributed by atoms with Gasteiger partial charge in [-0.2, -0.15) is 0 Å². The summed E-state index contributed by atoms with van der Waals surface area (Å²) < 4.78 is 24.0. The van der Waals surface area contributed by atoms with Crippen molar-refractivity contribution in [3.8, 4) is 28.6 Å². The molecule has 1 fully saturated rings. The van der Waals surface area contributed by atoms with Gasteiger partial charge >= 0.3 is 12.1 Å². The fourth-order valence-corrected chi connectivity index (χ4v) is 7.42. The molecule has 0 N–H and O–H groups in total. The summed E-state index contributed by atoms with van der Waals surface area (Å²) in [5, 5.41) is 7.01. The number of benzene rings is 3. The third-order valence-electron chi connectivity index (χ3n) is 9.09. The van der Waals surface area contributed by atoms with E-state index in [1.807, 2.05) is 13.0 Å². The first-order valence-electron chi connectivity index (χ1n) is 15.1. The average Bonchev–Trinajstić information content (AvgIpc) is 3.60. The molecule has 0 bridgehead atoms. The molecule has 12 nitrogen and oxygen atoms in total. The Bertz CT molecular complexity index is 2120. The second kappa shape index (κ2) is 12.1. The largest absolute Gasteiger partial charge is 0.497 e. The van der Waals surface area contributed by atoms with Gasteiger partial charge in [0.25, 0.3) is 0 Å². The van der Waals surface area contributed by atoms with Gasteiger partial charge in [-0.15, -0.1) is 0 Å². The summed E-state index contributed by atoms with van der Waals surface area (Å²) in [4.78, 5) is 55.8. The van der Waals surface area contributed by atoms with E-state index in [1.54, 1.807) is 60.5 Å². The van der Waals surface area contributed by atoms with Gasteiger partial charge in [0.05, 0.1) is 38.6 Å². The number of amides is 5. The lowest BCUT2D eigenvalue weighted by molar-refractivity contribution is -0.121. The molecule has 13 heteroatoms. The Labute approximate surface area is 282 Å². The van der Waals surface area contributed by atoms with Crippen LogP contribution in [0, 0.1) is 11.8 Å². The molecule has 7 rings (SSSR count). The van der Waals surface area contributed by atoms with E-state index >= 15 is 0 Å². The molecule has 3 unspecified atom stereocenters. The van der Waals surface area contributed by atoms with Gasteiger partial charge in [0.15, 0.2) is 5.43 Å². The fourth-order valence-electron chi connectivity index (χ4n) is 7.07. The zero-order valence-corrected chi connectivity index (χ0v) is 27.9. The van der Waals surface area contributed by atoms with Crippen LogP contribution >= 0.6 is 15.9 Å². The first-order chi connectivity index (χ1) is 23.1. The molecule has 0 spiro atoms. The van der Waals surface area contributed by atoms with Crippen molar-refractivity contribution in [3.63, 3.8) is 0 Å². The van der Waals surface area contributed by atoms with Crippen LogP contribution in [-0.2, 0) is 4.79 Å². The molecule has 2 aliphatic heterocycles. The molecule has 1 saturated heterocycles. The monoisotopic (exact) mass is 712 g/mol. The molecule has 48 heavy (non-hydrogen) atoms. The predicted molar refractivity (Wildman–Crippen MR) is 180 cm³/mol. The van der Waals surface area contributed by atoms with Gasteiger partial charge in [-0.3, -0.25) is 9.59 Å². The number of rotatable bonds is 7. The number of nitrogens with zero attached hydrogens (tertiary/aromatic N) is 4. The lowest BCUT2D eigenvalue weighted by Crippen LogP contribution is -2.34. The molecule has 3 aromatic carbocycles. The molecule has 3 atom stereocenters. The highest BCUT2D eigenvalue weighted by Crippen LogP contribution is 2.53. The second-order valence-electron chi connectivity index (χ2n) is 11.8. The number of methoxy groups -OCH3 is 3. The molecule has 244 valence electrons. The van der Waals surface area contributed by atoms with Crippen molar-refractivity contribution in [2.45, 2.75) is 19.3 Å². The van der Waals surface area contributed by atoms with Crippen LogP contribution in [0.1, 0.15) is 24.8 Å². The number of hydrogen-bond acceptors (Lipinski definition) is 8. The van der Waals surface area contributed by atoms with E-state index in [2.05, 4.69) is 26.2 Å². The minimum atomic E-state index is -0.831. The highest BCUT2D eigenvalue weighted by Gasteiger charge is 2.49. The fraction of sp³-hybridized carbons (Fsp3) is 0.257. The minimum Gasteiger partial charge on any atom is -0.497 e. The molecule has 3 heterocycles. The number of carbonyl (C=O) groups is 3. The number of urea groups is 2. The van der Waals surface area contributed by atoms with Crippen molar-refractivity contribution in [1.82, 2.24) is 0 Å². The molecule has 5 amide bonds. The van der Waals surface area contributed by atoms with Crippen LogP contribution in [0.5, 0.6) is 17.2 Å². The number of azo groups is 1. The summed E-state index contributed by atoms with van der Waals surface area (Å²) in [6.45, 7) is 2.33. The van der Waals surface area contributed by atoms with Gasteiger partial charge in [-0.25, -0.2) is 14.5 Å². The number of halogens is 1. The number of allylic oxidation sites excluding steroid dienone is 2. The summed E-state index contributed by atoms with van der Waals surface area (Å²) in [5.74, 6) is 0.226. The maximum Gasteiger partial charge on any atom is 0.375 e. The van der Waals surface area contributed by atoms with Crippen molar-refractivity contribution < 1.29 is 33.0 Å². The van der Waals surface area contributed by atoms with Crippen molar-refractivity contribution in [3.05, 3.63) is 86.5 Å². The molecule has 0 saturated carbocycles. The number of hydrogen-bond donors (Lipinski definition) is 0. The normalized spacial score (nSPS) is 20.4. The smallest absolute Gasteiger partial charge is 0.375 e. The molecule has 3 aliphatic rings. The Morgan fingerprint density at radius 2 is 1.60 bits per heavy atom. The summed E-state index contributed by atoms with van der Waals surface area (Å²) in [5.41, 5.74) is 2.83. The molecular formula is C35H29BrN4O8. The molecular weight excluding hydrogens is 684 g/mol. The topological polar surface area (TPSA) is 140 Å². The first kappa shape index (κ1) is 31.3. The van der Waals surface area contributed by atoms with Gasteiger partial charge in [0, 0.05) is 40.2 Å². The molecule has 1 aliphatic carbocycles. The SMILES string of the molecule is COc1ccc(-c2cc(=O)c3c(OC)c(C4C=C(C)CC5CN(c6cc(Br)ccc6N6C(=O)N=NC6=O)C(=O)C54)c(OC)cc3o2)cc1. The van der Waals surface area contributed by atoms with Crippen LogP contribution < -0.4 is 29.4 Å². The Balaban J connectivity index is 1.34. The third-order valence-corrected chi connectivity index (χ3v) is 9.58. The Morgan fingerprint density at radius 3 is 2.27 bits per heavy atom.